The molecular formula is C39H63N7. The van der Waals surface area contributed by atoms with E-state index in [9.17, 15) is 0 Å². The third kappa shape index (κ3) is 10.5. The highest BCUT2D eigenvalue weighted by Crippen LogP contribution is 2.42. The number of anilines is 3. The fourth-order valence-electron chi connectivity index (χ4n) is 5.44. The van der Waals surface area contributed by atoms with Gasteiger partial charge < -0.3 is 20.1 Å². The van der Waals surface area contributed by atoms with Gasteiger partial charge in [0, 0.05) is 37.4 Å². The molecule has 1 aliphatic heterocycles. The lowest BCUT2D eigenvalue weighted by Gasteiger charge is -2.26. The predicted octanol–water partition coefficient (Wildman–Crippen LogP) is 10.1. The highest BCUT2D eigenvalue weighted by molar-refractivity contribution is 5.83. The number of hydrogen-bond donors (Lipinski definition) is 4. The Labute approximate surface area is 280 Å². The highest BCUT2D eigenvalue weighted by atomic mass is 15.3. The molecule has 5 rings (SSSR count). The molecule has 4 aromatic rings. The third-order valence-electron chi connectivity index (χ3n) is 8.00. The van der Waals surface area contributed by atoms with Crippen LogP contribution in [0, 0.1) is 12.8 Å². The largest absolute Gasteiger partial charge is 0.371 e. The summed E-state index contributed by atoms with van der Waals surface area (Å²) in [6.45, 7) is 23.3. The van der Waals surface area contributed by atoms with Gasteiger partial charge in [-0.25, -0.2) is 4.98 Å². The van der Waals surface area contributed by atoms with Crippen LogP contribution in [0.5, 0.6) is 0 Å². The average molecular weight is 630 g/mol. The van der Waals surface area contributed by atoms with Gasteiger partial charge in [-0.3, -0.25) is 11.3 Å². The second kappa shape index (κ2) is 19.9. The summed E-state index contributed by atoms with van der Waals surface area (Å²) in [5.74, 6) is 6.91. The van der Waals surface area contributed by atoms with Gasteiger partial charge in [0.05, 0.1) is 22.4 Å². The zero-order valence-corrected chi connectivity index (χ0v) is 30.7. The van der Waals surface area contributed by atoms with Crippen molar-refractivity contribution in [2.45, 2.75) is 107 Å². The summed E-state index contributed by atoms with van der Waals surface area (Å²) in [5, 5.41) is 3.71. The Morgan fingerprint density at radius 2 is 1.54 bits per heavy atom. The molecule has 2 unspecified atom stereocenters. The third-order valence-corrected chi connectivity index (χ3v) is 8.00. The Hall–Kier alpha value is -3.55. The van der Waals surface area contributed by atoms with Crippen molar-refractivity contribution in [3.05, 3.63) is 71.8 Å². The van der Waals surface area contributed by atoms with E-state index in [0.29, 0.717) is 6.04 Å². The van der Waals surface area contributed by atoms with E-state index in [-0.39, 0.29) is 6.17 Å². The molecule has 2 atom stereocenters. The second-order valence-corrected chi connectivity index (χ2v) is 12.1. The minimum Gasteiger partial charge on any atom is -0.371 e. The first kappa shape index (κ1) is 38.6. The molecule has 1 aromatic heterocycles. The van der Waals surface area contributed by atoms with Crippen LogP contribution in [-0.2, 0) is 0 Å². The fourth-order valence-corrected chi connectivity index (χ4v) is 5.44. The summed E-state index contributed by atoms with van der Waals surface area (Å²) in [4.78, 5) is 13.2. The van der Waals surface area contributed by atoms with Gasteiger partial charge in [0.1, 0.15) is 12.0 Å². The zero-order chi connectivity index (χ0) is 34.2. The van der Waals surface area contributed by atoms with E-state index in [2.05, 4.69) is 135 Å². The molecule has 254 valence electrons. The maximum Gasteiger partial charge on any atom is 0.138 e. The van der Waals surface area contributed by atoms with E-state index in [1.807, 2.05) is 27.7 Å². The van der Waals surface area contributed by atoms with E-state index in [4.69, 9.17) is 10.8 Å². The molecule has 0 saturated carbocycles. The molecule has 0 bridgehead atoms. The molecule has 46 heavy (non-hydrogen) atoms. The van der Waals surface area contributed by atoms with Gasteiger partial charge in [-0.1, -0.05) is 91.3 Å². The lowest BCUT2D eigenvalue weighted by atomic mass is 10.1. The number of nitrogens with two attached hydrogens (primary N) is 1. The number of rotatable bonds is 11. The first-order chi connectivity index (χ1) is 22.2. The van der Waals surface area contributed by atoms with Crippen LogP contribution in [0.4, 0.5) is 17.1 Å². The maximum absolute atomic E-state index is 5.21. The number of imidazole rings is 1. The molecule has 0 radical (unpaired) electrons. The molecule has 0 aliphatic carbocycles. The SMILES string of the molecule is CC.CC.CC(C)CCC(C)NN.CCCN(CCC)c1ccc2c(c1)N(C)C(c1ccc3nc(-c4ccc(C)cc4)[nH]c3c1)N2. The van der Waals surface area contributed by atoms with Crippen molar-refractivity contribution in [1.82, 2.24) is 15.4 Å². The average Bonchev–Trinajstić information content (AvgIpc) is 3.66. The lowest BCUT2D eigenvalue weighted by molar-refractivity contribution is 0.459. The summed E-state index contributed by atoms with van der Waals surface area (Å²) in [5.41, 5.74) is 12.1. The Bertz CT molecular complexity index is 1400. The summed E-state index contributed by atoms with van der Waals surface area (Å²) >= 11 is 0. The van der Waals surface area contributed by atoms with Gasteiger partial charge in [-0.15, -0.1) is 0 Å². The molecule has 3 aromatic carbocycles. The van der Waals surface area contributed by atoms with Gasteiger partial charge in [0.25, 0.3) is 0 Å². The quantitative estimate of drug-likeness (QED) is 0.0976. The van der Waals surface area contributed by atoms with Crippen LogP contribution < -0.4 is 26.4 Å². The molecule has 7 heteroatoms. The molecule has 0 fully saturated rings. The standard InChI is InChI=1S/C28H33N5.C7H18N2.2C2H6/c1-5-15-33(16-6-2)22-12-14-24-26(18-22)32(4)28(31-24)21-11-13-23-25(17-21)30-27(29-23)20-9-7-19(3)8-10-20;1-6(2)4-5-7(3)9-8;2*1-2/h7-14,17-18,28,31H,5-6,15-16H2,1-4H3,(H,29,30);6-7,9H,4-5,8H2,1-3H3;2*1-2H3. The minimum atomic E-state index is 0.0941. The number of nitrogens with one attached hydrogen (secondary N) is 3. The Morgan fingerprint density at radius 1 is 0.891 bits per heavy atom. The first-order valence-corrected chi connectivity index (χ1v) is 17.6. The maximum atomic E-state index is 5.21. The molecule has 2 heterocycles. The van der Waals surface area contributed by atoms with Crippen molar-refractivity contribution < 1.29 is 0 Å². The van der Waals surface area contributed by atoms with Crippen molar-refractivity contribution in [2.24, 2.45) is 11.8 Å². The lowest BCUT2D eigenvalue weighted by Crippen LogP contribution is -2.32. The van der Waals surface area contributed by atoms with Crippen molar-refractivity contribution in [1.29, 1.82) is 0 Å². The minimum absolute atomic E-state index is 0.0941. The van der Waals surface area contributed by atoms with E-state index in [1.54, 1.807) is 0 Å². The smallest absolute Gasteiger partial charge is 0.138 e. The normalized spacial score (nSPS) is 13.8. The van der Waals surface area contributed by atoms with Crippen LogP contribution in [0.15, 0.2) is 60.7 Å². The number of hydrazine groups is 1. The van der Waals surface area contributed by atoms with Crippen LogP contribution in [0.25, 0.3) is 22.4 Å². The van der Waals surface area contributed by atoms with Crippen molar-refractivity contribution in [2.75, 3.05) is 35.3 Å². The molecule has 0 amide bonds. The van der Waals surface area contributed by atoms with Crippen LogP contribution in [0.3, 0.4) is 0 Å². The van der Waals surface area contributed by atoms with Crippen LogP contribution in [-0.4, -0.2) is 36.1 Å². The van der Waals surface area contributed by atoms with E-state index >= 15 is 0 Å². The topological polar surface area (TPSA) is 85.2 Å². The van der Waals surface area contributed by atoms with E-state index in [0.717, 1.165) is 54.3 Å². The molecule has 1 aliphatic rings. The fraction of sp³-hybridized carbons (Fsp3) is 0.513. The number of aromatic amines is 1. The number of aromatic nitrogens is 2. The molecule has 5 N–H and O–H groups in total. The van der Waals surface area contributed by atoms with Crippen LogP contribution in [0.2, 0.25) is 0 Å². The molecule has 0 saturated heterocycles. The molecule has 0 spiro atoms. The van der Waals surface area contributed by atoms with Gasteiger partial charge in [-0.05, 0) is 81.3 Å². The van der Waals surface area contributed by atoms with Crippen molar-refractivity contribution >= 4 is 28.1 Å². The van der Waals surface area contributed by atoms with Gasteiger partial charge in [0.15, 0.2) is 0 Å². The molecular weight excluding hydrogens is 566 g/mol. The van der Waals surface area contributed by atoms with E-state index < -0.39 is 0 Å². The monoisotopic (exact) mass is 630 g/mol. The highest BCUT2D eigenvalue weighted by Gasteiger charge is 2.28. The number of H-pyrrole nitrogens is 1. The molecule has 7 nitrogen and oxygen atoms in total. The number of benzene rings is 3. The number of nitrogens with zero attached hydrogens (tertiary/aromatic N) is 3. The zero-order valence-electron chi connectivity index (χ0n) is 30.7. The Balaban J connectivity index is 0.000000487. The van der Waals surface area contributed by atoms with Gasteiger partial charge in [-0.2, -0.15) is 0 Å². The summed E-state index contributed by atoms with van der Waals surface area (Å²) in [6, 6.07) is 22.3. The summed E-state index contributed by atoms with van der Waals surface area (Å²) in [7, 11) is 2.17. The van der Waals surface area contributed by atoms with E-state index in [1.165, 1.54) is 41.0 Å². The Kier molecular flexibility index (Phi) is 16.7. The van der Waals surface area contributed by atoms with Crippen molar-refractivity contribution in [3.8, 4) is 11.4 Å². The van der Waals surface area contributed by atoms with Gasteiger partial charge >= 0.3 is 0 Å². The summed E-state index contributed by atoms with van der Waals surface area (Å²) < 4.78 is 0. The van der Waals surface area contributed by atoms with Crippen LogP contribution in [0.1, 0.15) is 105 Å². The second-order valence-electron chi connectivity index (χ2n) is 12.1. The number of fused-ring (bicyclic) bond motifs is 2. The Morgan fingerprint density at radius 3 is 2.13 bits per heavy atom. The van der Waals surface area contributed by atoms with Crippen molar-refractivity contribution in [3.63, 3.8) is 0 Å². The first-order valence-electron chi connectivity index (χ1n) is 17.6. The summed E-state index contributed by atoms with van der Waals surface area (Å²) in [6.07, 6.45) is 4.83. The number of hydrogen-bond acceptors (Lipinski definition) is 6. The van der Waals surface area contributed by atoms with Gasteiger partial charge in [0.2, 0.25) is 0 Å². The number of aryl methyl sites for hydroxylation is 1. The van der Waals surface area contributed by atoms with Crippen LogP contribution >= 0.6 is 0 Å². The predicted molar refractivity (Wildman–Crippen MR) is 204 cm³/mol.